The van der Waals surface area contributed by atoms with Crippen molar-refractivity contribution >= 4 is 5.91 Å². The zero-order valence-electron chi connectivity index (χ0n) is 11.6. The first-order chi connectivity index (χ1) is 9.06. The van der Waals surface area contributed by atoms with Crippen LogP contribution in [0.15, 0.2) is 30.3 Å². The molecular formula is C15H19N3O. The summed E-state index contributed by atoms with van der Waals surface area (Å²) in [4.78, 5) is 11.9. The number of aryl methyl sites for hydroxylation is 3. The van der Waals surface area contributed by atoms with E-state index in [9.17, 15) is 4.79 Å². The molecule has 0 bridgehead atoms. The third-order valence-electron chi connectivity index (χ3n) is 3.03. The molecule has 0 saturated heterocycles. The lowest BCUT2D eigenvalue weighted by Crippen LogP contribution is -2.27. The number of nitrogens with one attached hydrogen (secondary N) is 1. The van der Waals surface area contributed by atoms with E-state index in [2.05, 4.69) is 10.4 Å². The molecule has 2 aromatic rings. The maximum atomic E-state index is 11.9. The lowest BCUT2D eigenvalue weighted by molar-refractivity contribution is 0.0952. The van der Waals surface area contributed by atoms with Gasteiger partial charge in [-0.1, -0.05) is 17.7 Å². The highest BCUT2D eigenvalue weighted by atomic mass is 16.1. The van der Waals surface area contributed by atoms with Crippen LogP contribution in [0.3, 0.4) is 0 Å². The Labute approximate surface area is 113 Å². The molecule has 0 aliphatic heterocycles. The van der Waals surface area contributed by atoms with Crippen LogP contribution in [-0.4, -0.2) is 22.2 Å². The second-order valence-corrected chi connectivity index (χ2v) is 4.77. The first kappa shape index (κ1) is 13.3. The van der Waals surface area contributed by atoms with Gasteiger partial charge < -0.3 is 5.32 Å². The van der Waals surface area contributed by atoms with Crippen LogP contribution >= 0.6 is 0 Å². The van der Waals surface area contributed by atoms with E-state index < -0.39 is 0 Å². The summed E-state index contributed by atoms with van der Waals surface area (Å²) in [5.74, 6) is -0.0402. The summed E-state index contributed by atoms with van der Waals surface area (Å²) in [5, 5.41) is 7.26. The molecule has 0 spiro atoms. The average Bonchev–Trinajstić information content (AvgIpc) is 2.68. The van der Waals surface area contributed by atoms with Gasteiger partial charge in [0.05, 0.1) is 12.2 Å². The molecule has 2 rings (SSSR count). The van der Waals surface area contributed by atoms with Gasteiger partial charge in [-0.25, -0.2) is 0 Å². The molecule has 4 heteroatoms. The van der Waals surface area contributed by atoms with Gasteiger partial charge in [0.2, 0.25) is 0 Å². The largest absolute Gasteiger partial charge is 0.350 e. The smallest absolute Gasteiger partial charge is 0.251 e. The predicted molar refractivity (Wildman–Crippen MR) is 75.2 cm³/mol. The normalized spacial score (nSPS) is 10.5. The molecule has 1 aromatic heterocycles. The highest BCUT2D eigenvalue weighted by molar-refractivity contribution is 5.94. The molecule has 0 atom stereocenters. The van der Waals surface area contributed by atoms with Gasteiger partial charge in [0.25, 0.3) is 5.91 Å². The Morgan fingerprint density at radius 2 is 1.89 bits per heavy atom. The van der Waals surface area contributed by atoms with Crippen molar-refractivity contribution in [1.29, 1.82) is 0 Å². The Hall–Kier alpha value is -2.10. The molecule has 0 saturated carbocycles. The summed E-state index contributed by atoms with van der Waals surface area (Å²) in [6.45, 7) is 7.26. The molecule has 100 valence electrons. The average molecular weight is 257 g/mol. The number of benzene rings is 1. The van der Waals surface area contributed by atoms with Crippen molar-refractivity contribution in [3.8, 4) is 0 Å². The molecule has 0 radical (unpaired) electrons. The van der Waals surface area contributed by atoms with Crippen molar-refractivity contribution in [1.82, 2.24) is 15.1 Å². The molecular weight excluding hydrogens is 238 g/mol. The van der Waals surface area contributed by atoms with E-state index in [4.69, 9.17) is 0 Å². The van der Waals surface area contributed by atoms with Crippen molar-refractivity contribution < 1.29 is 4.79 Å². The quantitative estimate of drug-likeness (QED) is 0.913. The molecule has 4 nitrogen and oxygen atoms in total. The van der Waals surface area contributed by atoms with Crippen LogP contribution in [0.1, 0.15) is 27.3 Å². The summed E-state index contributed by atoms with van der Waals surface area (Å²) in [5.41, 5.74) is 3.96. The fourth-order valence-electron chi connectivity index (χ4n) is 1.98. The van der Waals surface area contributed by atoms with Crippen molar-refractivity contribution in [3.63, 3.8) is 0 Å². The number of rotatable bonds is 4. The van der Waals surface area contributed by atoms with Gasteiger partial charge in [0.15, 0.2) is 0 Å². The summed E-state index contributed by atoms with van der Waals surface area (Å²) in [6, 6.07) is 9.59. The minimum absolute atomic E-state index is 0.0402. The number of carbonyl (C=O) groups is 1. The van der Waals surface area contributed by atoms with Gasteiger partial charge in [-0.15, -0.1) is 0 Å². The highest BCUT2D eigenvalue weighted by Gasteiger charge is 2.05. The van der Waals surface area contributed by atoms with E-state index in [-0.39, 0.29) is 5.91 Å². The second kappa shape index (κ2) is 5.69. The number of hydrogen-bond acceptors (Lipinski definition) is 2. The summed E-state index contributed by atoms with van der Waals surface area (Å²) in [6.07, 6.45) is 0. The fourth-order valence-corrected chi connectivity index (χ4v) is 1.98. The van der Waals surface area contributed by atoms with E-state index in [1.807, 2.05) is 55.8 Å². The lowest BCUT2D eigenvalue weighted by atomic mass is 10.1. The van der Waals surface area contributed by atoms with Gasteiger partial charge in [-0.2, -0.15) is 5.10 Å². The monoisotopic (exact) mass is 257 g/mol. The van der Waals surface area contributed by atoms with E-state index in [0.717, 1.165) is 17.0 Å². The molecule has 1 amide bonds. The van der Waals surface area contributed by atoms with Crippen LogP contribution in [0.4, 0.5) is 0 Å². The Bertz CT molecular complexity index is 570. The highest BCUT2D eigenvalue weighted by Crippen LogP contribution is 2.03. The number of amides is 1. The van der Waals surface area contributed by atoms with Crippen LogP contribution in [-0.2, 0) is 6.54 Å². The Morgan fingerprint density at radius 1 is 1.21 bits per heavy atom. The lowest BCUT2D eigenvalue weighted by Gasteiger charge is -2.07. The van der Waals surface area contributed by atoms with Crippen molar-refractivity contribution in [2.24, 2.45) is 0 Å². The molecule has 0 unspecified atom stereocenters. The molecule has 0 aliphatic carbocycles. The molecule has 19 heavy (non-hydrogen) atoms. The maximum Gasteiger partial charge on any atom is 0.251 e. The van der Waals surface area contributed by atoms with Gasteiger partial charge in [-0.05, 0) is 39.0 Å². The van der Waals surface area contributed by atoms with Crippen molar-refractivity contribution in [3.05, 3.63) is 52.8 Å². The molecule has 0 fully saturated rings. The number of hydrogen-bond donors (Lipinski definition) is 1. The van der Waals surface area contributed by atoms with Crippen LogP contribution in [0.5, 0.6) is 0 Å². The molecule has 1 aromatic carbocycles. The van der Waals surface area contributed by atoms with E-state index >= 15 is 0 Å². The summed E-state index contributed by atoms with van der Waals surface area (Å²) in [7, 11) is 0. The first-order valence-corrected chi connectivity index (χ1v) is 6.42. The molecule has 1 heterocycles. The number of aromatic nitrogens is 2. The maximum absolute atomic E-state index is 11.9. The first-order valence-electron chi connectivity index (χ1n) is 6.42. The number of nitrogens with zero attached hydrogens (tertiary/aromatic N) is 2. The Kier molecular flexibility index (Phi) is 4.00. The van der Waals surface area contributed by atoms with Gasteiger partial charge in [0.1, 0.15) is 0 Å². The van der Waals surface area contributed by atoms with E-state index in [1.54, 1.807) is 0 Å². The third kappa shape index (κ3) is 3.44. The summed E-state index contributed by atoms with van der Waals surface area (Å²) < 4.78 is 1.91. The minimum Gasteiger partial charge on any atom is -0.350 e. The Morgan fingerprint density at radius 3 is 2.47 bits per heavy atom. The minimum atomic E-state index is -0.0402. The summed E-state index contributed by atoms with van der Waals surface area (Å²) >= 11 is 0. The third-order valence-corrected chi connectivity index (χ3v) is 3.03. The van der Waals surface area contributed by atoms with E-state index in [0.29, 0.717) is 18.7 Å². The molecule has 0 aliphatic rings. The Balaban J connectivity index is 1.87. The zero-order valence-corrected chi connectivity index (χ0v) is 11.6. The zero-order chi connectivity index (χ0) is 13.8. The van der Waals surface area contributed by atoms with Crippen LogP contribution in [0.25, 0.3) is 0 Å². The number of carbonyl (C=O) groups excluding carboxylic acids is 1. The second-order valence-electron chi connectivity index (χ2n) is 4.77. The molecule has 1 N–H and O–H groups in total. The van der Waals surface area contributed by atoms with Crippen molar-refractivity contribution in [2.75, 3.05) is 6.54 Å². The standard InChI is InChI=1S/C15H19N3O/c1-11-4-6-14(7-5-11)15(19)16-8-9-18-13(3)10-12(2)17-18/h4-7,10H,8-9H2,1-3H3,(H,16,19). The van der Waals surface area contributed by atoms with Gasteiger partial charge in [0, 0.05) is 17.8 Å². The van der Waals surface area contributed by atoms with Gasteiger partial charge >= 0.3 is 0 Å². The SMILES string of the molecule is Cc1ccc(C(=O)NCCn2nc(C)cc2C)cc1. The topological polar surface area (TPSA) is 46.9 Å². The fraction of sp³-hybridized carbons (Fsp3) is 0.333. The van der Waals surface area contributed by atoms with Crippen LogP contribution < -0.4 is 5.32 Å². The van der Waals surface area contributed by atoms with Crippen molar-refractivity contribution in [2.45, 2.75) is 27.3 Å². The van der Waals surface area contributed by atoms with E-state index in [1.165, 1.54) is 0 Å². The van der Waals surface area contributed by atoms with Gasteiger partial charge in [-0.3, -0.25) is 9.48 Å². The predicted octanol–water partition coefficient (Wildman–Crippen LogP) is 2.24. The van der Waals surface area contributed by atoms with Crippen LogP contribution in [0.2, 0.25) is 0 Å². The van der Waals surface area contributed by atoms with Crippen LogP contribution in [0, 0.1) is 20.8 Å².